The Hall–Kier alpha value is -0.710. The number of nitrogens with zero attached hydrogens (tertiary/aromatic N) is 1. The largest absolute Gasteiger partial charge is 0.317 e. The number of rotatable bonds is 5. The molecule has 1 aliphatic heterocycles. The molecular weight excluding hydrogens is 313 g/mol. The van der Waals surface area contributed by atoms with Crippen molar-refractivity contribution in [1.29, 1.82) is 0 Å². The summed E-state index contributed by atoms with van der Waals surface area (Å²) in [4.78, 5) is 4.22. The molecule has 2 aliphatic rings. The van der Waals surface area contributed by atoms with Gasteiger partial charge in [0.15, 0.2) is 0 Å². The number of halogens is 2. The fraction of sp³-hybridized carbons (Fsp3) is 0.722. The second kappa shape index (κ2) is 8.41. The normalized spacial score (nSPS) is 26.3. The lowest BCUT2D eigenvalue weighted by Gasteiger charge is -2.30. The first-order valence-electron chi connectivity index (χ1n) is 8.97. The Morgan fingerprint density at radius 1 is 1.17 bits per heavy atom. The van der Waals surface area contributed by atoms with Crippen molar-refractivity contribution in [3.8, 4) is 0 Å². The van der Waals surface area contributed by atoms with Crippen LogP contribution in [0.1, 0.15) is 56.6 Å². The maximum atomic E-state index is 13.1. The van der Waals surface area contributed by atoms with E-state index in [0.29, 0.717) is 17.0 Å². The highest BCUT2D eigenvalue weighted by molar-refractivity contribution is 6.31. The summed E-state index contributed by atoms with van der Waals surface area (Å²) >= 11 is 6.15. The summed E-state index contributed by atoms with van der Waals surface area (Å²) in [6, 6.07) is 2.09. The minimum absolute atomic E-state index is 0.351. The van der Waals surface area contributed by atoms with Crippen LogP contribution in [0.3, 0.4) is 0 Å². The van der Waals surface area contributed by atoms with Gasteiger partial charge in [0.1, 0.15) is 5.82 Å². The maximum Gasteiger partial charge on any atom is 0.142 e. The van der Waals surface area contributed by atoms with Crippen LogP contribution in [0.4, 0.5) is 4.39 Å². The van der Waals surface area contributed by atoms with Crippen molar-refractivity contribution < 1.29 is 4.39 Å². The van der Waals surface area contributed by atoms with Gasteiger partial charge in [0.05, 0.1) is 16.9 Å². The Balaban J connectivity index is 1.39. The van der Waals surface area contributed by atoms with Gasteiger partial charge in [0.2, 0.25) is 0 Å². The molecule has 0 spiro atoms. The van der Waals surface area contributed by atoms with Crippen LogP contribution < -0.4 is 10.6 Å². The monoisotopic (exact) mass is 339 g/mol. The van der Waals surface area contributed by atoms with Gasteiger partial charge in [-0.3, -0.25) is 4.98 Å². The van der Waals surface area contributed by atoms with Crippen LogP contribution in [0.5, 0.6) is 0 Å². The number of nitrogens with one attached hydrogen (secondary N) is 2. The van der Waals surface area contributed by atoms with Crippen molar-refractivity contribution in [3.63, 3.8) is 0 Å². The summed E-state index contributed by atoms with van der Waals surface area (Å²) in [5, 5.41) is 7.60. The molecular formula is C18H27ClFN3. The van der Waals surface area contributed by atoms with Gasteiger partial charge in [0.25, 0.3) is 0 Å². The van der Waals surface area contributed by atoms with Crippen molar-refractivity contribution in [2.24, 2.45) is 5.92 Å². The first-order chi connectivity index (χ1) is 11.2. The Labute approximate surface area is 143 Å². The highest BCUT2D eigenvalue weighted by Gasteiger charge is 2.25. The second-order valence-electron chi connectivity index (χ2n) is 7.01. The number of piperidine rings is 1. The molecule has 3 rings (SSSR count). The fourth-order valence-corrected chi connectivity index (χ4v) is 4.28. The third-order valence-electron chi connectivity index (χ3n) is 5.39. The van der Waals surface area contributed by atoms with E-state index >= 15 is 0 Å². The van der Waals surface area contributed by atoms with Gasteiger partial charge in [0, 0.05) is 12.0 Å². The van der Waals surface area contributed by atoms with Crippen molar-refractivity contribution in [2.75, 3.05) is 19.6 Å². The molecule has 0 amide bonds. The van der Waals surface area contributed by atoms with E-state index in [0.717, 1.165) is 44.1 Å². The molecule has 3 nitrogen and oxygen atoms in total. The number of hydrogen-bond acceptors (Lipinski definition) is 3. The van der Waals surface area contributed by atoms with Crippen molar-refractivity contribution >= 4 is 11.6 Å². The van der Waals surface area contributed by atoms with Crippen LogP contribution in [0, 0.1) is 11.7 Å². The van der Waals surface area contributed by atoms with Gasteiger partial charge in [-0.15, -0.1) is 0 Å². The van der Waals surface area contributed by atoms with Gasteiger partial charge >= 0.3 is 0 Å². The Kier molecular flexibility index (Phi) is 6.26. The van der Waals surface area contributed by atoms with Crippen molar-refractivity contribution in [2.45, 2.75) is 56.9 Å². The van der Waals surface area contributed by atoms with E-state index in [4.69, 9.17) is 11.6 Å². The molecule has 2 heterocycles. The Morgan fingerprint density at radius 2 is 1.91 bits per heavy atom. The smallest absolute Gasteiger partial charge is 0.142 e. The number of aromatic nitrogens is 1. The minimum Gasteiger partial charge on any atom is -0.317 e. The Bertz CT molecular complexity index is 497. The molecule has 0 atom stereocenters. The van der Waals surface area contributed by atoms with E-state index in [2.05, 4.69) is 15.6 Å². The van der Waals surface area contributed by atoms with E-state index in [9.17, 15) is 4.39 Å². The fourth-order valence-electron chi connectivity index (χ4n) is 3.97. The topological polar surface area (TPSA) is 37.0 Å². The van der Waals surface area contributed by atoms with Gasteiger partial charge in [-0.2, -0.15) is 0 Å². The summed E-state index contributed by atoms with van der Waals surface area (Å²) in [5.74, 6) is 0.854. The average molecular weight is 340 g/mol. The predicted molar refractivity (Wildman–Crippen MR) is 92.4 cm³/mol. The zero-order valence-electron chi connectivity index (χ0n) is 13.7. The van der Waals surface area contributed by atoms with Gasteiger partial charge in [-0.1, -0.05) is 11.6 Å². The molecule has 1 aromatic heterocycles. The SMILES string of the molecule is Fc1cnc(C2CCC(CCNC3CCNCC3)CC2)c(Cl)c1. The van der Waals surface area contributed by atoms with Gasteiger partial charge in [-0.25, -0.2) is 4.39 Å². The average Bonchev–Trinajstić information content (AvgIpc) is 2.57. The first-order valence-corrected chi connectivity index (χ1v) is 9.35. The standard InChI is InChI=1S/C18H27ClFN3/c19-17-11-15(20)12-23-18(17)14-3-1-13(2-4-14)5-10-22-16-6-8-21-9-7-16/h11-14,16,21-22H,1-10H2. The summed E-state index contributed by atoms with van der Waals surface area (Å²) in [6.07, 6.45) is 9.76. The van der Waals surface area contributed by atoms with Gasteiger partial charge < -0.3 is 10.6 Å². The van der Waals surface area contributed by atoms with E-state index in [1.54, 1.807) is 0 Å². The third kappa shape index (κ3) is 4.88. The molecule has 1 saturated carbocycles. The molecule has 0 aromatic carbocycles. The highest BCUT2D eigenvalue weighted by Crippen LogP contribution is 2.38. The maximum absolute atomic E-state index is 13.1. The van der Waals surface area contributed by atoms with Crippen molar-refractivity contribution in [3.05, 3.63) is 28.8 Å². The molecule has 0 radical (unpaired) electrons. The van der Waals surface area contributed by atoms with Crippen LogP contribution in [0.2, 0.25) is 5.02 Å². The molecule has 128 valence electrons. The number of hydrogen-bond donors (Lipinski definition) is 2. The molecule has 2 N–H and O–H groups in total. The lowest BCUT2D eigenvalue weighted by Crippen LogP contribution is -2.40. The van der Waals surface area contributed by atoms with E-state index in [1.165, 1.54) is 44.4 Å². The van der Waals surface area contributed by atoms with Crippen molar-refractivity contribution in [1.82, 2.24) is 15.6 Å². The van der Waals surface area contributed by atoms with Crippen LogP contribution in [-0.4, -0.2) is 30.7 Å². The molecule has 1 aliphatic carbocycles. The highest BCUT2D eigenvalue weighted by atomic mass is 35.5. The quantitative estimate of drug-likeness (QED) is 0.854. The van der Waals surface area contributed by atoms with Crippen LogP contribution in [0.25, 0.3) is 0 Å². The van der Waals surface area contributed by atoms with Crippen LogP contribution in [-0.2, 0) is 0 Å². The van der Waals surface area contributed by atoms with Crippen LogP contribution in [0.15, 0.2) is 12.3 Å². The van der Waals surface area contributed by atoms with E-state index in [-0.39, 0.29) is 5.82 Å². The van der Waals surface area contributed by atoms with Crippen LogP contribution >= 0.6 is 11.6 Å². The zero-order chi connectivity index (χ0) is 16.1. The van der Waals surface area contributed by atoms with E-state index in [1.807, 2.05) is 0 Å². The lowest BCUT2D eigenvalue weighted by molar-refractivity contribution is 0.293. The molecule has 0 bridgehead atoms. The summed E-state index contributed by atoms with van der Waals surface area (Å²) in [7, 11) is 0. The minimum atomic E-state index is -0.351. The summed E-state index contributed by atoms with van der Waals surface area (Å²) in [5.41, 5.74) is 0.888. The number of pyridine rings is 1. The molecule has 0 unspecified atom stereocenters. The molecule has 2 fully saturated rings. The lowest BCUT2D eigenvalue weighted by atomic mass is 9.79. The molecule has 1 saturated heterocycles. The van der Waals surface area contributed by atoms with Gasteiger partial charge in [-0.05, 0) is 76.6 Å². The Morgan fingerprint density at radius 3 is 2.61 bits per heavy atom. The molecule has 23 heavy (non-hydrogen) atoms. The molecule has 1 aromatic rings. The zero-order valence-corrected chi connectivity index (χ0v) is 14.4. The second-order valence-corrected chi connectivity index (χ2v) is 7.41. The third-order valence-corrected chi connectivity index (χ3v) is 5.70. The molecule has 5 heteroatoms. The summed E-state index contributed by atoms with van der Waals surface area (Å²) < 4.78 is 13.1. The first kappa shape index (κ1) is 17.1. The summed E-state index contributed by atoms with van der Waals surface area (Å²) in [6.45, 7) is 3.43. The predicted octanol–water partition coefficient (Wildman–Crippen LogP) is 3.88. The van der Waals surface area contributed by atoms with E-state index < -0.39 is 0 Å².